The summed E-state index contributed by atoms with van der Waals surface area (Å²) in [4.78, 5) is 28.4. The highest BCUT2D eigenvalue weighted by molar-refractivity contribution is 5.81. The standard InChI is InChI=1S/C19H26N4O2/c1-4-11-20-18(24)13-23-16-9-6-5-8-15(16)22-17(23)10-7-12-21-19(25)14(2)3/h4-6,8-9,14H,1,7,10-13H2,2-3H3,(H,20,24)(H,21,25). The minimum Gasteiger partial charge on any atom is -0.356 e. The molecule has 0 unspecified atom stereocenters. The summed E-state index contributed by atoms with van der Waals surface area (Å²) in [6.45, 7) is 8.62. The molecule has 0 spiro atoms. The summed E-state index contributed by atoms with van der Waals surface area (Å²) in [6.07, 6.45) is 3.13. The quantitative estimate of drug-likeness (QED) is 0.541. The van der Waals surface area contributed by atoms with Crippen molar-refractivity contribution in [2.24, 2.45) is 5.92 Å². The lowest BCUT2D eigenvalue weighted by molar-refractivity contribution is -0.124. The Balaban J connectivity index is 2.07. The number of aryl methyl sites for hydroxylation is 1. The molecule has 2 rings (SSSR count). The molecule has 2 aromatic rings. The number of aromatic nitrogens is 2. The Morgan fingerprint density at radius 1 is 1.28 bits per heavy atom. The first-order valence-electron chi connectivity index (χ1n) is 8.62. The van der Waals surface area contributed by atoms with Crippen molar-refractivity contribution in [3.8, 4) is 0 Å². The molecule has 0 bridgehead atoms. The lowest BCUT2D eigenvalue weighted by Crippen LogP contribution is -2.29. The van der Waals surface area contributed by atoms with Crippen LogP contribution in [0.25, 0.3) is 11.0 Å². The van der Waals surface area contributed by atoms with E-state index in [2.05, 4.69) is 22.2 Å². The Kier molecular flexibility index (Phi) is 6.74. The van der Waals surface area contributed by atoms with Crippen LogP contribution in [0.1, 0.15) is 26.1 Å². The number of nitrogens with one attached hydrogen (secondary N) is 2. The van der Waals surface area contributed by atoms with Gasteiger partial charge in [-0.1, -0.05) is 32.1 Å². The number of hydrogen-bond donors (Lipinski definition) is 2. The summed E-state index contributed by atoms with van der Waals surface area (Å²) in [5.74, 6) is 0.821. The first kappa shape index (κ1) is 18.7. The molecule has 0 aliphatic carbocycles. The van der Waals surface area contributed by atoms with Gasteiger partial charge in [0.2, 0.25) is 11.8 Å². The van der Waals surface area contributed by atoms with Crippen LogP contribution in [0.3, 0.4) is 0 Å². The highest BCUT2D eigenvalue weighted by atomic mass is 16.2. The summed E-state index contributed by atoms with van der Waals surface area (Å²) in [5.41, 5.74) is 1.82. The van der Waals surface area contributed by atoms with E-state index in [4.69, 9.17) is 0 Å². The molecule has 1 heterocycles. The molecule has 0 atom stereocenters. The van der Waals surface area contributed by atoms with Crippen molar-refractivity contribution < 1.29 is 9.59 Å². The fraction of sp³-hybridized carbons (Fsp3) is 0.421. The smallest absolute Gasteiger partial charge is 0.240 e. The molecular weight excluding hydrogens is 316 g/mol. The van der Waals surface area contributed by atoms with E-state index in [1.165, 1.54) is 0 Å². The lowest BCUT2D eigenvalue weighted by atomic mass is 10.2. The van der Waals surface area contributed by atoms with Crippen LogP contribution in [0.5, 0.6) is 0 Å². The van der Waals surface area contributed by atoms with E-state index >= 15 is 0 Å². The number of carbonyl (C=O) groups excluding carboxylic acids is 2. The van der Waals surface area contributed by atoms with Gasteiger partial charge in [0.05, 0.1) is 11.0 Å². The van der Waals surface area contributed by atoms with Crippen LogP contribution in [0, 0.1) is 5.92 Å². The summed E-state index contributed by atoms with van der Waals surface area (Å²) in [7, 11) is 0. The van der Waals surface area contributed by atoms with Gasteiger partial charge in [-0.15, -0.1) is 6.58 Å². The van der Waals surface area contributed by atoms with Gasteiger partial charge in [-0.3, -0.25) is 9.59 Å². The fourth-order valence-electron chi connectivity index (χ4n) is 2.54. The third-order valence-electron chi connectivity index (χ3n) is 3.88. The molecule has 0 fully saturated rings. The highest BCUT2D eigenvalue weighted by Crippen LogP contribution is 2.17. The van der Waals surface area contributed by atoms with Crippen LogP contribution >= 0.6 is 0 Å². The van der Waals surface area contributed by atoms with Crippen LogP contribution in [0.2, 0.25) is 0 Å². The van der Waals surface area contributed by atoms with E-state index in [1.807, 2.05) is 42.7 Å². The van der Waals surface area contributed by atoms with Crippen molar-refractivity contribution in [1.29, 1.82) is 0 Å². The minimum atomic E-state index is -0.0718. The Morgan fingerprint density at radius 3 is 2.76 bits per heavy atom. The third-order valence-corrected chi connectivity index (χ3v) is 3.88. The Bertz CT molecular complexity index is 749. The van der Waals surface area contributed by atoms with Crippen LogP contribution in [0.4, 0.5) is 0 Å². The largest absolute Gasteiger partial charge is 0.356 e. The maximum atomic E-state index is 12.1. The highest BCUT2D eigenvalue weighted by Gasteiger charge is 2.13. The summed E-state index contributed by atoms with van der Waals surface area (Å²) >= 11 is 0. The Hall–Kier alpha value is -2.63. The number of amides is 2. The first-order valence-corrected chi connectivity index (χ1v) is 8.62. The average molecular weight is 342 g/mol. The second kappa shape index (κ2) is 9.01. The van der Waals surface area contributed by atoms with Crippen LogP contribution < -0.4 is 10.6 Å². The molecule has 6 nitrogen and oxygen atoms in total. The number of fused-ring (bicyclic) bond motifs is 1. The lowest BCUT2D eigenvalue weighted by Gasteiger charge is -2.10. The maximum absolute atomic E-state index is 12.1. The topological polar surface area (TPSA) is 76.0 Å². The number of benzene rings is 1. The number of carbonyl (C=O) groups is 2. The molecule has 6 heteroatoms. The number of imidazole rings is 1. The van der Waals surface area contributed by atoms with Crippen molar-refractivity contribution in [3.63, 3.8) is 0 Å². The summed E-state index contributed by atoms with van der Waals surface area (Å²) < 4.78 is 1.94. The van der Waals surface area contributed by atoms with Gasteiger partial charge in [-0.2, -0.15) is 0 Å². The normalized spacial score (nSPS) is 10.8. The minimum absolute atomic E-state index is 0.0156. The fourth-order valence-corrected chi connectivity index (χ4v) is 2.54. The molecule has 1 aromatic carbocycles. The molecule has 0 aliphatic rings. The van der Waals surface area contributed by atoms with E-state index in [0.29, 0.717) is 19.5 Å². The molecule has 1 aromatic heterocycles. The van der Waals surface area contributed by atoms with Crippen LogP contribution in [0.15, 0.2) is 36.9 Å². The van der Waals surface area contributed by atoms with Crippen LogP contribution in [-0.2, 0) is 22.6 Å². The zero-order valence-electron chi connectivity index (χ0n) is 14.9. The van der Waals surface area contributed by atoms with Gasteiger partial charge in [0.1, 0.15) is 12.4 Å². The van der Waals surface area contributed by atoms with Gasteiger partial charge in [-0.05, 0) is 18.6 Å². The number of nitrogens with zero attached hydrogens (tertiary/aromatic N) is 2. The van der Waals surface area contributed by atoms with Crippen molar-refractivity contribution in [3.05, 3.63) is 42.7 Å². The molecule has 0 saturated carbocycles. The van der Waals surface area contributed by atoms with Crippen LogP contribution in [-0.4, -0.2) is 34.5 Å². The predicted octanol–water partition coefficient (Wildman–Crippen LogP) is 2.04. The molecule has 0 aliphatic heterocycles. The first-order chi connectivity index (χ1) is 12.0. The van der Waals surface area contributed by atoms with Gasteiger partial charge < -0.3 is 15.2 Å². The van der Waals surface area contributed by atoms with E-state index in [0.717, 1.165) is 23.3 Å². The molecule has 2 N–H and O–H groups in total. The van der Waals surface area contributed by atoms with Gasteiger partial charge in [0, 0.05) is 25.4 Å². The van der Waals surface area contributed by atoms with Crippen molar-refractivity contribution in [2.45, 2.75) is 33.2 Å². The third kappa shape index (κ3) is 5.17. The molecular formula is C19H26N4O2. The Labute approximate surface area is 148 Å². The van der Waals surface area contributed by atoms with Gasteiger partial charge >= 0.3 is 0 Å². The molecule has 25 heavy (non-hydrogen) atoms. The van der Waals surface area contributed by atoms with Crippen molar-refractivity contribution in [1.82, 2.24) is 20.2 Å². The monoisotopic (exact) mass is 342 g/mol. The number of rotatable bonds is 9. The van der Waals surface area contributed by atoms with E-state index in [1.54, 1.807) is 6.08 Å². The van der Waals surface area contributed by atoms with Gasteiger partial charge in [0.15, 0.2) is 0 Å². The van der Waals surface area contributed by atoms with Gasteiger partial charge in [-0.25, -0.2) is 4.98 Å². The Morgan fingerprint density at radius 2 is 2.04 bits per heavy atom. The van der Waals surface area contributed by atoms with E-state index in [-0.39, 0.29) is 24.3 Å². The molecule has 0 radical (unpaired) electrons. The zero-order valence-corrected chi connectivity index (χ0v) is 14.9. The second-order valence-corrected chi connectivity index (χ2v) is 6.24. The summed E-state index contributed by atoms with van der Waals surface area (Å²) in [5, 5.41) is 5.70. The van der Waals surface area contributed by atoms with Gasteiger partial charge in [0.25, 0.3) is 0 Å². The van der Waals surface area contributed by atoms with E-state index in [9.17, 15) is 9.59 Å². The molecule has 134 valence electrons. The SMILES string of the molecule is C=CCNC(=O)Cn1c(CCCNC(=O)C(C)C)nc2ccccc21. The van der Waals surface area contributed by atoms with E-state index < -0.39 is 0 Å². The van der Waals surface area contributed by atoms with Crippen molar-refractivity contribution >= 4 is 22.8 Å². The number of para-hydroxylation sites is 2. The maximum Gasteiger partial charge on any atom is 0.240 e. The zero-order chi connectivity index (χ0) is 18.2. The number of hydrogen-bond acceptors (Lipinski definition) is 3. The predicted molar refractivity (Wildman–Crippen MR) is 99.1 cm³/mol. The molecule has 2 amide bonds. The average Bonchev–Trinajstić information content (AvgIpc) is 2.94. The summed E-state index contributed by atoms with van der Waals surface area (Å²) in [6, 6.07) is 7.78. The van der Waals surface area contributed by atoms with Crippen molar-refractivity contribution in [2.75, 3.05) is 13.1 Å². The second-order valence-electron chi connectivity index (χ2n) is 6.24. The molecule has 0 saturated heterocycles.